The van der Waals surface area contributed by atoms with Crippen LogP contribution in [-0.2, 0) is 37.0 Å². The summed E-state index contributed by atoms with van der Waals surface area (Å²) in [7, 11) is 0. The summed E-state index contributed by atoms with van der Waals surface area (Å²) in [6, 6.07) is 16.8. The van der Waals surface area contributed by atoms with Gasteiger partial charge in [-0.25, -0.2) is 9.59 Å². The van der Waals surface area contributed by atoms with E-state index in [1.165, 1.54) is 0 Å². The Hall–Kier alpha value is -3.39. The van der Waals surface area contributed by atoms with E-state index in [1.807, 2.05) is 74.5 Å². The first-order chi connectivity index (χ1) is 17.0. The van der Waals surface area contributed by atoms with Crippen molar-refractivity contribution < 1.29 is 28.6 Å². The molecule has 0 saturated heterocycles. The third-order valence-corrected chi connectivity index (χ3v) is 4.94. The van der Waals surface area contributed by atoms with Gasteiger partial charge in [-0.15, -0.1) is 0 Å². The molecule has 0 aromatic heterocycles. The van der Waals surface area contributed by atoms with Crippen LogP contribution in [0.3, 0.4) is 0 Å². The molecule has 8 heteroatoms. The quantitative estimate of drug-likeness (QED) is 0.421. The van der Waals surface area contributed by atoms with Crippen LogP contribution in [0.25, 0.3) is 0 Å². The minimum absolute atomic E-state index is 0.101. The van der Waals surface area contributed by atoms with Crippen molar-refractivity contribution in [2.24, 2.45) is 5.92 Å². The lowest BCUT2D eigenvalue weighted by atomic mass is 10.0. The molecule has 0 saturated carbocycles. The number of esters is 1. The van der Waals surface area contributed by atoms with E-state index < -0.39 is 35.7 Å². The summed E-state index contributed by atoms with van der Waals surface area (Å²) in [5, 5.41) is 5.30. The molecule has 0 heterocycles. The van der Waals surface area contributed by atoms with Crippen LogP contribution in [0.2, 0.25) is 0 Å². The van der Waals surface area contributed by atoms with Crippen LogP contribution >= 0.6 is 0 Å². The number of amides is 2. The highest BCUT2D eigenvalue weighted by Crippen LogP contribution is 2.11. The maximum atomic E-state index is 13.2. The standard InChI is InChI=1S/C28H38N2O6/c1-20(2)16-23(26(32)35-18-22-14-10-7-11-15-22)29-25(31)24(30-27(33)36-28(3,4)5)19-34-17-21-12-8-6-9-13-21/h6-15,20,23-24H,16-19H2,1-5H3,(H,29,31)(H,30,33)/t23-,24-/m0/s1. The molecule has 0 aliphatic carbocycles. The Morgan fingerprint density at radius 3 is 1.89 bits per heavy atom. The van der Waals surface area contributed by atoms with Crippen molar-refractivity contribution in [1.82, 2.24) is 10.6 Å². The lowest BCUT2D eigenvalue weighted by Gasteiger charge is -2.25. The van der Waals surface area contributed by atoms with E-state index in [9.17, 15) is 14.4 Å². The monoisotopic (exact) mass is 498 g/mol. The molecule has 2 rings (SSSR count). The van der Waals surface area contributed by atoms with Crippen LogP contribution in [0.4, 0.5) is 4.79 Å². The Morgan fingerprint density at radius 1 is 0.806 bits per heavy atom. The van der Waals surface area contributed by atoms with Crippen LogP contribution in [0, 0.1) is 5.92 Å². The van der Waals surface area contributed by atoms with E-state index in [2.05, 4.69) is 10.6 Å². The summed E-state index contributed by atoms with van der Waals surface area (Å²) < 4.78 is 16.5. The molecule has 0 bridgehead atoms. The molecule has 8 nitrogen and oxygen atoms in total. The summed E-state index contributed by atoms with van der Waals surface area (Å²) in [5.74, 6) is -0.982. The lowest BCUT2D eigenvalue weighted by Crippen LogP contribution is -2.54. The van der Waals surface area contributed by atoms with Gasteiger partial charge in [0.25, 0.3) is 0 Å². The van der Waals surface area contributed by atoms with Gasteiger partial charge in [0.15, 0.2) is 0 Å². The number of nitrogens with one attached hydrogen (secondary N) is 2. The molecular formula is C28H38N2O6. The number of rotatable bonds is 12. The molecule has 0 fully saturated rings. The van der Waals surface area contributed by atoms with Crippen LogP contribution < -0.4 is 10.6 Å². The molecule has 0 spiro atoms. The second-order valence-electron chi connectivity index (χ2n) is 9.98. The third-order valence-electron chi connectivity index (χ3n) is 4.94. The number of benzene rings is 2. The van der Waals surface area contributed by atoms with Crippen molar-refractivity contribution >= 4 is 18.0 Å². The number of hydrogen-bond acceptors (Lipinski definition) is 6. The van der Waals surface area contributed by atoms with E-state index >= 15 is 0 Å². The van der Waals surface area contributed by atoms with Gasteiger partial charge in [0.1, 0.15) is 24.3 Å². The third kappa shape index (κ3) is 11.4. The first-order valence-corrected chi connectivity index (χ1v) is 12.2. The van der Waals surface area contributed by atoms with Gasteiger partial charge >= 0.3 is 12.1 Å². The Balaban J connectivity index is 2.06. The zero-order valence-corrected chi connectivity index (χ0v) is 21.8. The zero-order chi connectivity index (χ0) is 26.6. The largest absolute Gasteiger partial charge is 0.459 e. The summed E-state index contributed by atoms with van der Waals surface area (Å²) in [6.07, 6.45) is -0.373. The van der Waals surface area contributed by atoms with Gasteiger partial charge in [0, 0.05) is 0 Å². The molecule has 2 atom stereocenters. The molecule has 0 unspecified atom stereocenters. The second kappa shape index (κ2) is 14.2. The van der Waals surface area contributed by atoms with Gasteiger partial charge in [-0.1, -0.05) is 74.5 Å². The molecule has 2 amide bonds. The van der Waals surface area contributed by atoms with Crippen LogP contribution in [0.15, 0.2) is 60.7 Å². The van der Waals surface area contributed by atoms with E-state index in [0.717, 1.165) is 11.1 Å². The van der Waals surface area contributed by atoms with Crippen molar-refractivity contribution in [2.75, 3.05) is 6.61 Å². The van der Waals surface area contributed by atoms with Gasteiger partial charge < -0.3 is 24.8 Å². The fourth-order valence-corrected chi connectivity index (χ4v) is 3.29. The highest BCUT2D eigenvalue weighted by molar-refractivity contribution is 5.89. The van der Waals surface area contributed by atoms with Crippen molar-refractivity contribution in [2.45, 2.75) is 71.9 Å². The molecule has 2 N–H and O–H groups in total. The van der Waals surface area contributed by atoms with Crippen LogP contribution in [0.5, 0.6) is 0 Å². The smallest absolute Gasteiger partial charge is 0.408 e. The molecule has 0 aliphatic heterocycles. The van der Waals surface area contributed by atoms with Crippen molar-refractivity contribution in [3.63, 3.8) is 0 Å². The van der Waals surface area contributed by atoms with Gasteiger partial charge in [0.05, 0.1) is 13.2 Å². The van der Waals surface area contributed by atoms with Crippen LogP contribution in [-0.4, -0.2) is 42.3 Å². The van der Waals surface area contributed by atoms with Crippen molar-refractivity contribution in [3.05, 3.63) is 71.8 Å². The first-order valence-electron chi connectivity index (χ1n) is 12.2. The maximum Gasteiger partial charge on any atom is 0.408 e. The number of ether oxygens (including phenoxy) is 3. The SMILES string of the molecule is CC(C)C[C@H](NC(=O)[C@H](COCc1ccccc1)NC(=O)OC(C)(C)C)C(=O)OCc1ccccc1. The molecule has 2 aromatic rings. The van der Waals surface area contributed by atoms with Gasteiger partial charge in [-0.3, -0.25) is 4.79 Å². The van der Waals surface area contributed by atoms with E-state index in [-0.39, 0.29) is 25.7 Å². The summed E-state index contributed by atoms with van der Waals surface area (Å²) in [5.41, 5.74) is 1.03. The normalized spacial score (nSPS) is 12.9. The second-order valence-corrected chi connectivity index (χ2v) is 9.98. The predicted molar refractivity (Wildman–Crippen MR) is 137 cm³/mol. The zero-order valence-electron chi connectivity index (χ0n) is 21.8. The highest BCUT2D eigenvalue weighted by atomic mass is 16.6. The summed E-state index contributed by atoms with van der Waals surface area (Å²) in [4.78, 5) is 38.4. The van der Waals surface area contributed by atoms with Crippen LogP contribution in [0.1, 0.15) is 52.2 Å². The van der Waals surface area contributed by atoms with E-state index in [4.69, 9.17) is 14.2 Å². The minimum Gasteiger partial charge on any atom is -0.459 e. The van der Waals surface area contributed by atoms with Crippen molar-refractivity contribution in [1.29, 1.82) is 0 Å². The Kier molecular flexibility index (Phi) is 11.4. The number of carbonyl (C=O) groups excluding carboxylic acids is 3. The lowest BCUT2D eigenvalue weighted by molar-refractivity contribution is -0.150. The first kappa shape index (κ1) is 28.8. The minimum atomic E-state index is -1.07. The number of alkyl carbamates (subject to hydrolysis) is 1. The molecule has 2 aromatic carbocycles. The fraction of sp³-hybridized carbons (Fsp3) is 0.464. The highest BCUT2D eigenvalue weighted by Gasteiger charge is 2.30. The Morgan fingerprint density at radius 2 is 1.36 bits per heavy atom. The summed E-state index contributed by atoms with van der Waals surface area (Å²) in [6.45, 7) is 9.34. The Bertz CT molecular complexity index is 957. The number of carbonyl (C=O) groups is 3. The van der Waals surface area contributed by atoms with E-state index in [1.54, 1.807) is 20.8 Å². The topological polar surface area (TPSA) is 103 Å². The Labute approximate surface area is 213 Å². The van der Waals surface area contributed by atoms with Gasteiger partial charge in [0.2, 0.25) is 5.91 Å². The maximum absolute atomic E-state index is 13.2. The molecule has 36 heavy (non-hydrogen) atoms. The van der Waals surface area contributed by atoms with Crippen molar-refractivity contribution in [3.8, 4) is 0 Å². The molecule has 0 aliphatic rings. The average molecular weight is 499 g/mol. The predicted octanol–water partition coefficient (Wildman–Crippen LogP) is 4.37. The van der Waals surface area contributed by atoms with E-state index in [0.29, 0.717) is 6.42 Å². The summed E-state index contributed by atoms with van der Waals surface area (Å²) >= 11 is 0. The van der Waals surface area contributed by atoms with Gasteiger partial charge in [-0.2, -0.15) is 0 Å². The number of hydrogen-bond donors (Lipinski definition) is 2. The molecule has 196 valence electrons. The molecular weight excluding hydrogens is 460 g/mol. The average Bonchev–Trinajstić information content (AvgIpc) is 2.81. The fourth-order valence-electron chi connectivity index (χ4n) is 3.29. The van der Waals surface area contributed by atoms with Gasteiger partial charge in [-0.05, 0) is 44.2 Å². The molecule has 0 radical (unpaired) electrons.